The third-order valence-corrected chi connectivity index (χ3v) is 14.8. The topological polar surface area (TPSA) is 166 Å². The molecule has 13 nitrogen and oxygen atoms in total. The van der Waals surface area contributed by atoms with E-state index in [2.05, 4.69) is 15.8 Å². The molecule has 9 rings (SSSR count). The van der Waals surface area contributed by atoms with Gasteiger partial charge in [0.1, 0.15) is 29.8 Å². The van der Waals surface area contributed by atoms with Crippen molar-refractivity contribution in [1.29, 1.82) is 0 Å². The molecule has 2 amide bonds. The Morgan fingerprint density at radius 1 is 0.826 bits per heavy atom. The Morgan fingerprint density at radius 2 is 1.36 bits per heavy atom. The van der Waals surface area contributed by atoms with Gasteiger partial charge < -0.3 is 30.1 Å². The number of esters is 1. The predicted octanol–water partition coefficient (Wildman–Crippen LogP) is 6.71. The Morgan fingerprint density at radius 3 is 1.88 bits per heavy atom. The number of aliphatic carboxylic acids is 1. The minimum atomic E-state index is -1.48. The highest BCUT2D eigenvalue weighted by molar-refractivity contribution is 8.01. The maximum atomic E-state index is 14.0. The predicted molar refractivity (Wildman–Crippen MR) is 264 cm³/mol. The normalized spacial score (nSPS) is 15.8. The third-order valence-electron chi connectivity index (χ3n) is 11.6. The first-order valence-electron chi connectivity index (χ1n) is 21.9. The van der Waals surface area contributed by atoms with Crippen LogP contribution in [-0.4, -0.2) is 69.4 Å². The van der Waals surface area contributed by atoms with Crippen LogP contribution in [0.15, 0.2) is 203 Å². The van der Waals surface area contributed by atoms with E-state index in [0.717, 1.165) is 32.7 Å². The third kappa shape index (κ3) is 10.0. The molecule has 1 fully saturated rings. The minimum Gasteiger partial charge on any atom is -0.543 e. The van der Waals surface area contributed by atoms with E-state index in [-0.39, 0.29) is 35.2 Å². The van der Waals surface area contributed by atoms with E-state index in [1.807, 2.05) is 164 Å². The number of benzene rings is 5. The summed E-state index contributed by atoms with van der Waals surface area (Å²) in [6, 6.07) is 51.8. The minimum absolute atomic E-state index is 0.0202. The van der Waals surface area contributed by atoms with E-state index in [4.69, 9.17) is 14.6 Å². The Balaban J connectivity index is 0.852. The molecule has 2 aromatic heterocycles. The van der Waals surface area contributed by atoms with Crippen LogP contribution < -0.4 is 20.3 Å². The molecule has 1 saturated heterocycles. The van der Waals surface area contributed by atoms with Crippen molar-refractivity contribution in [2.45, 2.75) is 34.5 Å². The van der Waals surface area contributed by atoms with E-state index in [1.165, 1.54) is 46.9 Å². The Hall–Kier alpha value is -7.53. The Labute approximate surface area is 410 Å². The number of rotatable bonds is 18. The summed E-state index contributed by atoms with van der Waals surface area (Å²) in [5, 5.41) is 24.6. The fourth-order valence-corrected chi connectivity index (χ4v) is 11.5. The monoisotopic (exact) mass is 972 g/mol. The summed E-state index contributed by atoms with van der Waals surface area (Å²) in [6.07, 6.45) is 2.95. The van der Waals surface area contributed by atoms with Crippen LogP contribution in [0.4, 0.5) is 5.13 Å². The fraction of sp³-hybridized carbons (Fsp3) is 0.151. The summed E-state index contributed by atoms with van der Waals surface area (Å²) in [5.41, 5.74) is 4.11. The molecule has 2 aliphatic heterocycles. The van der Waals surface area contributed by atoms with Gasteiger partial charge in [-0.25, -0.2) is 9.78 Å². The zero-order valence-electron chi connectivity index (χ0n) is 37.0. The van der Waals surface area contributed by atoms with Gasteiger partial charge in [0.05, 0.1) is 11.7 Å². The van der Waals surface area contributed by atoms with Crippen LogP contribution in [0.3, 0.4) is 0 Å². The largest absolute Gasteiger partial charge is 0.543 e. The molecule has 0 aliphatic carbocycles. The Bertz CT molecular complexity index is 2860. The van der Waals surface area contributed by atoms with Crippen LogP contribution in [0.2, 0.25) is 0 Å². The van der Waals surface area contributed by atoms with Crippen molar-refractivity contribution in [3.63, 3.8) is 0 Å². The number of pyridine rings is 1. The molecular formula is C53H44N6O7S3. The first-order chi connectivity index (χ1) is 33.7. The number of amides is 2. The van der Waals surface area contributed by atoms with E-state index in [9.17, 15) is 24.3 Å². The molecule has 2 N–H and O–H groups in total. The van der Waals surface area contributed by atoms with Crippen LogP contribution in [-0.2, 0) is 40.8 Å². The lowest BCUT2D eigenvalue weighted by atomic mass is 9.77. The molecule has 7 aromatic rings. The highest BCUT2D eigenvalue weighted by Crippen LogP contribution is 2.43. The molecule has 0 spiro atoms. The van der Waals surface area contributed by atoms with Gasteiger partial charge in [0.25, 0.3) is 11.8 Å². The average Bonchev–Trinajstić information content (AvgIpc) is 3.86. The standard InChI is InChI=1S/C53H44N6O7S3/c1-65-57-44(42-34-69-52(54-42)56-53(38-21-11-4-12-22-38,39-23-13-5-14-24-39)40-25-15-6-16-26-40)48(61)55-45-49(62)59-46(51(63)64)37(33-68-50(45)59)32-67-41-27-29-58(30-28-41)31-43(60)66-47(35-17-7-2-8-18-35)36-19-9-3-10-20-36/h2-30,34,45,47,50H,31-33H2,1H3,(H2-,54,55,56,61,63,64)/b57-44-/t45-,50-/m1/s1. The number of carboxylic acid groups (broad SMARTS) is 1. The summed E-state index contributed by atoms with van der Waals surface area (Å²) in [7, 11) is 1.31. The lowest BCUT2D eigenvalue weighted by Gasteiger charge is -2.50. The van der Waals surface area contributed by atoms with Crippen molar-refractivity contribution in [2.75, 3.05) is 23.9 Å². The zero-order valence-corrected chi connectivity index (χ0v) is 39.5. The SMILES string of the molecule is CO/N=C(\C(=O)N[C@@H]1C(=O)N2C(C(=O)[O-])=C(CSc3cc[n+](CC(=O)OC(c4ccccc4)c4ccccc4)cc3)CS[C@H]12)c1csc(NC(c2ccccc2)(c2ccccc2)c2ccccc2)n1. The van der Waals surface area contributed by atoms with Gasteiger partial charge in [-0.3, -0.25) is 14.5 Å². The molecular weight excluding hydrogens is 929 g/mol. The van der Waals surface area contributed by atoms with E-state index < -0.39 is 46.8 Å². The summed E-state index contributed by atoms with van der Waals surface area (Å²) in [4.78, 5) is 65.4. The van der Waals surface area contributed by atoms with Gasteiger partial charge in [-0.2, -0.15) is 4.57 Å². The first kappa shape index (κ1) is 46.6. The maximum Gasteiger partial charge on any atom is 0.373 e. The van der Waals surface area contributed by atoms with E-state index in [1.54, 1.807) is 22.3 Å². The van der Waals surface area contributed by atoms with Gasteiger partial charge in [-0.1, -0.05) is 157 Å². The number of carbonyl (C=O) groups is 4. The molecule has 2 aliphatic rings. The van der Waals surface area contributed by atoms with Crippen LogP contribution in [0, 0.1) is 0 Å². The van der Waals surface area contributed by atoms with Crippen molar-refractivity contribution < 1.29 is 38.4 Å². The molecule has 0 bridgehead atoms. The number of oxime groups is 1. The lowest BCUT2D eigenvalue weighted by Crippen LogP contribution is -2.71. The number of thioether (sulfide) groups is 2. The van der Waals surface area contributed by atoms with Gasteiger partial charge in [-0.15, -0.1) is 34.9 Å². The Kier molecular flexibility index (Phi) is 14.3. The quantitative estimate of drug-likeness (QED) is 0.0179. The van der Waals surface area contributed by atoms with Gasteiger partial charge in [0.15, 0.2) is 29.3 Å². The van der Waals surface area contributed by atoms with Crippen molar-refractivity contribution in [1.82, 2.24) is 15.2 Å². The zero-order chi connectivity index (χ0) is 47.7. The van der Waals surface area contributed by atoms with Crippen molar-refractivity contribution in [3.05, 3.63) is 226 Å². The second-order valence-corrected chi connectivity index (χ2v) is 18.9. The number of hydrogen-bond donors (Lipinski definition) is 2. The second kappa shape index (κ2) is 21.2. The smallest absolute Gasteiger partial charge is 0.373 e. The first-order valence-corrected chi connectivity index (χ1v) is 24.8. The summed E-state index contributed by atoms with van der Waals surface area (Å²) in [6.45, 7) is -0.0202. The van der Waals surface area contributed by atoms with Crippen molar-refractivity contribution in [2.24, 2.45) is 5.16 Å². The van der Waals surface area contributed by atoms with Crippen LogP contribution >= 0.6 is 34.9 Å². The summed E-state index contributed by atoms with van der Waals surface area (Å²) >= 11 is 4.01. The number of thiazole rings is 1. The fourth-order valence-electron chi connectivity index (χ4n) is 8.39. The van der Waals surface area contributed by atoms with Gasteiger partial charge in [0, 0.05) is 33.9 Å². The number of nitrogens with one attached hydrogen (secondary N) is 2. The molecule has 2 atom stereocenters. The molecule has 0 saturated carbocycles. The molecule has 0 unspecified atom stereocenters. The second-order valence-electron chi connectivity index (χ2n) is 15.9. The van der Waals surface area contributed by atoms with Gasteiger partial charge in [-0.05, 0) is 33.4 Å². The van der Waals surface area contributed by atoms with Crippen molar-refractivity contribution >= 4 is 69.5 Å². The van der Waals surface area contributed by atoms with E-state index >= 15 is 0 Å². The van der Waals surface area contributed by atoms with E-state index in [0.29, 0.717) is 10.7 Å². The van der Waals surface area contributed by atoms with Crippen LogP contribution in [0.1, 0.15) is 39.6 Å². The number of hydrogen-bond acceptors (Lipinski definition) is 13. The van der Waals surface area contributed by atoms with Gasteiger partial charge >= 0.3 is 5.97 Å². The molecule has 346 valence electrons. The number of anilines is 1. The maximum absolute atomic E-state index is 14.0. The number of nitrogens with zero attached hydrogens (tertiary/aromatic N) is 4. The summed E-state index contributed by atoms with van der Waals surface area (Å²) < 4.78 is 7.68. The molecule has 0 radical (unpaired) electrons. The average molecular weight is 973 g/mol. The lowest BCUT2D eigenvalue weighted by molar-refractivity contribution is -0.686. The molecule has 4 heterocycles. The summed E-state index contributed by atoms with van der Waals surface area (Å²) in [5.74, 6) is -2.65. The molecule has 5 aromatic carbocycles. The van der Waals surface area contributed by atoms with Gasteiger partial charge in [0.2, 0.25) is 6.54 Å². The van der Waals surface area contributed by atoms with Crippen LogP contribution in [0.25, 0.3) is 0 Å². The highest BCUT2D eigenvalue weighted by Gasteiger charge is 2.53. The number of aromatic nitrogens is 2. The number of β-lactam (4-membered cyclic amide) rings is 1. The number of carboxylic acids is 1. The van der Waals surface area contributed by atoms with Crippen molar-refractivity contribution in [3.8, 4) is 0 Å². The number of ether oxygens (including phenoxy) is 1. The highest BCUT2D eigenvalue weighted by atomic mass is 32.2. The molecule has 69 heavy (non-hydrogen) atoms. The van der Waals surface area contributed by atoms with Crippen LogP contribution in [0.5, 0.6) is 0 Å². The number of fused-ring (bicyclic) bond motifs is 1. The number of carbonyl (C=O) groups excluding carboxylic acids is 4. The molecule has 16 heteroatoms.